The Morgan fingerprint density at radius 1 is 1.17 bits per heavy atom. The third kappa shape index (κ3) is 3.83. The second-order valence-electron chi connectivity index (χ2n) is 7.17. The van der Waals surface area contributed by atoms with Gasteiger partial charge in [0.05, 0.1) is 22.7 Å². The summed E-state index contributed by atoms with van der Waals surface area (Å²) in [5, 5.41) is 9.84. The number of hydrogen-bond acceptors (Lipinski definition) is 5. The van der Waals surface area contributed by atoms with Crippen LogP contribution in [0.15, 0.2) is 61.2 Å². The molecule has 1 aliphatic heterocycles. The average Bonchev–Trinajstić information content (AvgIpc) is 3.20. The van der Waals surface area contributed by atoms with Crippen LogP contribution in [0.2, 0.25) is 0 Å². The zero-order valence-electron chi connectivity index (χ0n) is 15.6. The first-order valence-corrected chi connectivity index (χ1v) is 9.27. The summed E-state index contributed by atoms with van der Waals surface area (Å²) in [5.41, 5.74) is 1.70. The Morgan fingerprint density at radius 3 is 2.72 bits per heavy atom. The first kappa shape index (κ1) is 18.7. The fourth-order valence-electron chi connectivity index (χ4n) is 3.70. The molecule has 1 fully saturated rings. The van der Waals surface area contributed by atoms with Gasteiger partial charge in [-0.05, 0) is 48.7 Å². The van der Waals surface area contributed by atoms with E-state index in [1.807, 2.05) is 0 Å². The van der Waals surface area contributed by atoms with Crippen molar-refractivity contribution in [3.8, 4) is 17.5 Å². The average molecular weight is 387 g/mol. The first-order valence-electron chi connectivity index (χ1n) is 9.27. The molecule has 0 bridgehead atoms. The predicted molar refractivity (Wildman–Crippen MR) is 104 cm³/mol. The van der Waals surface area contributed by atoms with Gasteiger partial charge in [0.25, 0.3) is 5.91 Å². The van der Waals surface area contributed by atoms with Crippen LogP contribution in [0.1, 0.15) is 22.3 Å². The summed E-state index contributed by atoms with van der Waals surface area (Å²) in [4.78, 5) is 27.4. The predicted octanol–water partition coefficient (Wildman–Crippen LogP) is 3.28. The van der Waals surface area contributed by atoms with E-state index in [1.165, 1.54) is 18.5 Å². The summed E-state index contributed by atoms with van der Waals surface area (Å²) in [5.74, 6) is -0.486. The van der Waals surface area contributed by atoms with Gasteiger partial charge < -0.3 is 4.90 Å². The van der Waals surface area contributed by atoms with E-state index in [9.17, 15) is 14.4 Å². The molecule has 1 aliphatic rings. The summed E-state index contributed by atoms with van der Waals surface area (Å²) in [6.45, 7) is 0.795. The molecule has 0 aliphatic carbocycles. The van der Waals surface area contributed by atoms with E-state index in [0.29, 0.717) is 42.9 Å². The van der Waals surface area contributed by atoms with Crippen LogP contribution in [0.5, 0.6) is 0 Å². The molecule has 0 saturated carbocycles. The zero-order valence-corrected chi connectivity index (χ0v) is 15.6. The molecule has 1 amide bonds. The second kappa shape index (κ2) is 7.76. The molecule has 29 heavy (non-hydrogen) atoms. The van der Waals surface area contributed by atoms with Crippen LogP contribution in [0.25, 0.3) is 11.4 Å². The molecule has 1 saturated heterocycles. The van der Waals surface area contributed by atoms with Gasteiger partial charge in [0.15, 0.2) is 0 Å². The van der Waals surface area contributed by atoms with Gasteiger partial charge in [-0.15, -0.1) is 0 Å². The van der Waals surface area contributed by atoms with Crippen molar-refractivity contribution in [2.45, 2.75) is 12.8 Å². The lowest BCUT2D eigenvalue weighted by Gasteiger charge is -2.22. The number of carbonyl (C=O) groups is 1. The highest BCUT2D eigenvalue weighted by molar-refractivity contribution is 5.99. The van der Waals surface area contributed by atoms with Crippen molar-refractivity contribution in [2.24, 2.45) is 5.41 Å². The first-order chi connectivity index (χ1) is 14.1. The van der Waals surface area contributed by atoms with Gasteiger partial charge in [-0.2, -0.15) is 5.26 Å². The molecule has 0 radical (unpaired) electrons. The smallest absolute Gasteiger partial charge is 0.256 e. The Labute approximate surface area is 167 Å². The van der Waals surface area contributed by atoms with E-state index < -0.39 is 5.41 Å². The quantitative estimate of drug-likeness (QED) is 0.686. The lowest BCUT2D eigenvalue weighted by molar-refractivity contribution is 0.0781. The van der Waals surface area contributed by atoms with Gasteiger partial charge in [-0.25, -0.2) is 14.4 Å². The molecular weight excluding hydrogens is 369 g/mol. The van der Waals surface area contributed by atoms with Crippen molar-refractivity contribution in [1.29, 1.82) is 5.26 Å². The van der Waals surface area contributed by atoms with Crippen molar-refractivity contribution in [2.75, 3.05) is 13.1 Å². The van der Waals surface area contributed by atoms with Crippen LogP contribution >= 0.6 is 0 Å². The molecule has 3 aromatic rings. The molecule has 3 heterocycles. The Kier molecular flexibility index (Phi) is 5.00. The summed E-state index contributed by atoms with van der Waals surface area (Å²) >= 11 is 0. The molecule has 4 rings (SSSR count). The molecule has 0 spiro atoms. The van der Waals surface area contributed by atoms with Gasteiger partial charge in [0.1, 0.15) is 17.8 Å². The van der Waals surface area contributed by atoms with Gasteiger partial charge >= 0.3 is 0 Å². The van der Waals surface area contributed by atoms with E-state index in [4.69, 9.17) is 0 Å². The maximum absolute atomic E-state index is 13.2. The third-order valence-corrected chi connectivity index (χ3v) is 5.20. The number of likely N-dealkylation sites (tertiary alicyclic amines) is 1. The van der Waals surface area contributed by atoms with Gasteiger partial charge in [-0.3, -0.25) is 9.78 Å². The molecule has 0 N–H and O–H groups in total. The van der Waals surface area contributed by atoms with E-state index >= 15 is 0 Å². The molecular formula is C22H18FN5O. The SMILES string of the molecule is N#C[C@]1(Cc2ccc(F)cc2)CCN(C(=O)c2cccnc2-c2ccncn2)C1. The number of carbonyl (C=O) groups excluding carboxylic acids is 1. The zero-order chi connectivity index (χ0) is 20.3. The Balaban J connectivity index is 1.57. The van der Waals surface area contributed by atoms with Crippen molar-refractivity contribution in [3.63, 3.8) is 0 Å². The summed E-state index contributed by atoms with van der Waals surface area (Å²) in [6, 6.07) is 13.7. The van der Waals surface area contributed by atoms with Crippen molar-refractivity contribution >= 4 is 5.91 Å². The van der Waals surface area contributed by atoms with Crippen LogP contribution in [0.3, 0.4) is 0 Å². The fourth-order valence-corrected chi connectivity index (χ4v) is 3.70. The Hall–Kier alpha value is -3.66. The van der Waals surface area contributed by atoms with Gasteiger partial charge in [0.2, 0.25) is 0 Å². The number of rotatable bonds is 4. The number of hydrogen-bond donors (Lipinski definition) is 0. The summed E-state index contributed by atoms with van der Waals surface area (Å²) < 4.78 is 13.2. The van der Waals surface area contributed by atoms with E-state index in [0.717, 1.165) is 5.56 Å². The molecule has 0 unspecified atom stereocenters. The van der Waals surface area contributed by atoms with Gasteiger partial charge in [-0.1, -0.05) is 12.1 Å². The molecule has 1 atom stereocenters. The topological polar surface area (TPSA) is 82.8 Å². The maximum Gasteiger partial charge on any atom is 0.256 e. The minimum Gasteiger partial charge on any atom is -0.337 e. The number of aromatic nitrogens is 3. The summed E-state index contributed by atoms with van der Waals surface area (Å²) in [6.07, 6.45) is 5.67. The Bertz CT molecular complexity index is 1060. The number of halogens is 1. The number of benzene rings is 1. The van der Waals surface area contributed by atoms with Crippen LogP contribution < -0.4 is 0 Å². The molecule has 7 heteroatoms. The van der Waals surface area contributed by atoms with E-state index in [1.54, 1.807) is 47.6 Å². The fraction of sp³-hybridized carbons (Fsp3) is 0.227. The monoisotopic (exact) mass is 387 g/mol. The molecule has 6 nitrogen and oxygen atoms in total. The second-order valence-corrected chi connectivity index (χ2v) is 7.17. The third-order valence-electron chi connectivity index (χ3n) is 5.20. The Morgan fingerprint density at radius 2 is 2.00 bits per heavy atom. The van der Waals surface area contributed by atoms with Gasteiger partial charge in [0, 0.05) is 25.5 Å². The lowest BCUT2D eigenvalue weighted by Crippen LogP contribution is -2.33. The number of pyridine rings is 1. The van der Waals surface area contributed by atoms with Crippen molar-refractivity contribution < 1.29 is 9.18 Å². The normalized spacial score (nSPS) is 18.4. The van der Waals surface area contributed by atoms with Crippen molar-refractivity contribution in [1.82, 2.24) is 19.9 Å². The standard InChI is InChI=1S/C22H18FN5O/c23-17-5-3-16(4-6-17)12-22(13-24)8-11-28(14-22)21(29)18-2-1-9-26-20(18)19-7-10-25-15-27-19/h1-7,9-10,15H,8,11-12,14H2/t22-/m1/s1. The maximum atomic E-state index is 13.2. The minimum atomic E-state index is -0.690. The van der Waals surface area contributed by atoms with Crippen molar-refractivity contribution in [3.05, 3.63) is 78.1 Å². The largest absolute Gasteiger partial charge is 0.337 e. The van der Waals surface area contributed by atoms with Crippen LogP contribution in [-0.2, 0) is 6.42 Å². The molecule has 1 aromatic carbocycles. The highest BCUT2D eigenvalue weighted by Crippen LogP contribution is 2.35. The minimum absolute atomic E-state index is 0.178. The number of amides is 1. The van der Waals surface area contributed by atoms with Crippen LogP contribution in [-0.4, -0.2) is 38.8 Å². The van der Waals surface area contributed by atoms with E-state index in [-0.39, 0.29) is 11.7 Å². The number of nitrogens with zero attached hydrogens (tertiary/aromatic N) is 5. The lowest BCUT2D eigenvalue weighted by atomic mass is 9.82. The molecule has 144 valence electrons. The van der Waals surface area contributed by atoms with E-state index in [2.05, 4.69) is 21.0 Å². The van der Waals surface area contributed by atoms with Crippen LogP contribution in [0.4, 0.5) is 4.39 Å². The molecule has 2 aromatic heterocycles. The number of nitriles is 1. The highest BCUT2D eigenvalue weighted by atomic mass is 19.1. The van der Waals surface area contributed by atoms with Crippen LogP contribution in [0, 0.1) is 22.6 Å². The highest BCUT2D eigenvalue weighted by Gasteiger charge is 2.41. The summed E-state index contributed by atoms with van der Waals surface area (Å²) in [7, 11) is 0.